The summed E-state index contributed by atoms with van der Waals surface area (Å²) in [7, 11) is 2.14. The number of morpholine rings is 1. The van der Waals surface area contributed by atoms with E-state index in [4.69, 9.17) is 16.3 Å². The Hall–Kier alpha value is -0.610. The van der Waals surface area contributed by atoms with E-state index in [1.807, 2.05) is 12.1 Å². The second-order valence-electron chi connectivity index (χ2n) is 4.86. The largest absolute Gasteiger partial charge is 0.374 e. The monoisotopic (exact) mass is 268 g/mol. The van der Waals surface area contributed by atoms with Gasteiger partial charge in [-0.15, -0.1) is 0 Å². The van der Waals surface area contributed by atoms with Gasteiger partial charge in [-0.1, -0.05) is 23.7 Å². The van der Waals surface area contributed by atoms with Crippen molar-refractivity contribution in [3.63, 3.8) is 0 Å². The minimum absolute atomic E-state index is 0.290. The first-order valence-corrected chi connectivity index (χ1v) is 6.82. The van der Waals surface area contributed by atoms with E-state index in [2.05, 4.69) is 36.3 Å². The predicted molar refractivity (Wildman–Crippen MR) is 75.1 cm³/mol. The zero-order valence-corrected chi connectivity index (χ0v) is 11.8. The predicted octanol–water partition coefficient (Wildman–Crippen LogP) is 2.32. The van der Waals surface area contributed by atoms with Crippen LogP contribution in [0.15, 0.2) is 24.3 Å². The molecule has 0 radical (unpaired) electrons. The highest BCUT2D eigenvalue weighted by Crippen LogP contribution is 2.21. The Morgan fingerprint density at radius 1 is 1.44 bits per heavy atom. The smallest absolute Gasteiger partial charge is 0.0826 e. The van der Waals surface area contributed by atoms with E-state index >= 15 is 0 Å². The van der Waals surface area contributed by atoms with E-state index in [-0.39, 0.29) is 0 Å². The molecule has 4 heteroatoms. The number of nitrogens with zero attached hydrogens (tertiary/aromatic N) is 1. The van der Waals surface area contributed by atoms with Crippen molar-refractivity contribution in [2.24, 2.45) is 0 Å². The fourth-order valence-corrected chi connectivity index (χ4v) is 2.34. The minimum atomic E-state index is 0.290. The first-order valence-electron chi connectivity index (χ1n) is 6.45. The third kappa shape index (κ3) is 3.69. The van der Waals surface area contributed by atoms with Gasteiger partial charge in [0.05, 0.1) is 12.7 Å². The lowest BCUT2D eigenvalue weighted by atomic mass is 10.1. The van der Waals surface area contributed by atoms with Gasteiger partial charge in [-0.05, 0) is 31.7 Å². The molecule has 3 nitrogen and oxygen atoms in total. The lowest BCUT2D eigenvalue weighted by Gasteiger charge is -2.31. The fraction of sp³-hybridized carbons (Fsp3) is 0.571. The van der Waals surface area contributed by atoms with E-state index in [9.17, 15) is 0 Å². The summed E-state index contributed by atoms with van der Waals surface area (Å²) in [5.41, 5.74) is 1.28. The van der Waals surface area contributed by atoms with Gasteiger partial charge in [0.2, 0.25) is 0 Å². The van der Waals surface area contributed by atoms with Gasteiger partial charge in [0.15, 0.2) is 0 Å². The summed E-state index contributed by atoms with van der Waals surface area (Å²) in [6.45, 7) is 5.87. The zero-order valence-electron chi connectivity index (χ0n) is 11.0. The highest BCUT2D eigenvalue weighted by molar-refractivity contribution is 6.30. The van der Waals surface area contributed by atoms with Crippen molar-refractivity contribution in [3.05, 3.63) is 34.9 Å². The van der Waals surface area contributed by atoms with Crippen molar-refractivity contribution in [1.82, 2.24) is 10.2 Å². The lowest BCUT2D eigenvalue weighted by Crippen LogP contribution is -2.44. The average Bonchev–Trinajstić information content (AvgIpc) is 2.40. The molecule has 1 saturated heterocycles. The van der Waals surface area contributed by atoms with Gasteiger partial charge in [-0.2, -0.15) is 0 Å². The van der Waals surface area contributed by atoms with Crippen LogP contribution < -0.4 is 5.32 Å². The molecule has 0 aliphatic carbocycles. The van der Waals surface area contributed by atoms with Crippen LogP contribution in [0.2, 0.25) is 5.02 Å². The van der Waals surface area contributed by atoms with Crippen LogP contribution in [0, 0.1) is 0 Å². The molecule has 0 amide bonds. The quantitative estimate of drug-likeness (QED) is 0.907. The van der Waals surface area contributed by atoms with Crippen molar-refractivity contribution < 1.29 is 4.74 Å². The number of rotatable bonds is 4. The molecule has 1 aliphatic rings. The lowest BCUT2D eigenvalue weighted by molar-refractivity contribution is 0.00393. The van der Waals surface area contributed by atoms with Crippen LogP contribution in [0.3, 0.4) is 0 Å². The van der Waals surface area contributed by atoms with E-state index in [1.54, 1.807) is 0 Å². The van der Waals surface area contributed by atoms with Crippen molar-refractivity contribution in [2.75, 3.05) is 33.3 Å². The van der Waals surface area contributed by atoms with Crippen LogP contribution in [0.5, 0.6) is 0 Å². The van der Waals surface area contributed by atoms with Gasteiger partial charge in [-0.3, -0.25) is 4.90 Å². The number of ether oxygens (including phenoxy) is 1. The van der Waals surface area contributed by atoms with Crippen molar-refractivity contribution >= 4 is 11.6 Å². The maximum atomic E-state index is 5.91. The summed E-state index contributed by atoms with van der Waals surface area (Å²) in [5, 5.41) is 4.14. The summed E-state index contributed by atoms with van der Waals surface area (Å²) < 4.78 is 5.73. The summed E-state index contributed by atoms with van der Waals surface area (Å²) in [6.07, 6.45) is 0.290. The molecule has 0 aromatic heterocycles. The van der Waals surface area contributed by atoms with Crippen LogP contribution in [0.1, 0.15) is 18.5 Å². The van der Waals surface area contributed by atoms with E-state index < -0.39 is 0 Å². The van der Waals surface area contributed by atoms with Gasteiger partial charge in [0.25, 0.3) is 0 Å². The molecule has 1 heterocycles. The Balaban J connectivity index is 1.91. The molecule has 18 heavy (non-hydrogen) atoms. The van der Waals surface area contributed by atoms with Gasteiger partial charge >= 0.3 is 0 Å². The third-order valence-electron chi connectivity index (χ3n) is 3.51. The minimum Gasteiger partial charge on any atom is -0.374 e. The summed E-state index contributed by atoms with van der Waals surface area (Å²) in [6, 6.07) is 8.43. The molecule has 0 spiro atoms. The van der Waals surface area contributed by atoms with Crippen molar-refractivity contribution in [1.29, 1.82) is 0 Å². The molecule has 1 aromatic rings. The maximum absolute atomic E-state index is 5.91. The summed E-state index contributed by atoms with van der Waals surface area (Å²) in [5.74, 6) is 0. The number of hydrogen-bond donors (Lipinski definition) is 1. The van der Waals surface area contributed by atoms with Crippen LogP contribution in [-0.2, 0) is 4.74 Å². The second kappa shape index (κ2) is 6.53. The molecule has 1 aromatic carbocycles. The van der Waals surface area contributed by atoms with Crippen molar-refractivity contribution in [3.8, 4) is 0 Å². The van der Waals surface area contributed by atoms with E-state index in [0.29, 0.717) is 12.1 Å². The Morgan fingerprint density at radius 3 is 2.78 bits per heavy atom. The highest BCUT2D eigenvalue weighted by Gasteiger charge is 2.19. The van der Waals surface area contributed by atoms with E-state index in [0.717, 1.165) is 31.3 Å². The Kier molecular flexibility index (Phi) is 5.01. The molecule has 0 saturated carbocycles. The Labute approximate surface area is 114 Å². The second-order valence-corrected chi connectivity index (χ2v) is 5.30. The molecule has 100 valence electrons. The number of halogens is 1. The molecule has 1 aliphatic heterocycles. The van der Waals surface area contributed by atoms with Gasteiger partial charge in [0, 0.05) is 30.7 Å². The number of benzene rings is 1. The first kappa shape index (κ1) is 13.8. The molecular weight excluding hydrogens is 248 g/mol. The zero-order chi connectivity index (χ0) is 13.0. The third-order valence-corrected chi connectivity index (χ3v) is 3.76. The first-order chi connectivity index (χ1) is 8.66. The van der Waals surface area contributed by atoms with Gasteiger partial charge < -0.3 is 10.1 Å². The highest BCUT2D eigenvalue weighted by atomic mass is 35.5. The Morgan fingerprint density at radius 2 is 2.17 bits per heavy atom. The molecule has 0 bridgehead atoms. The molecule has 2 unspecified atom stereocenters. The molecule has 2 rings (SSSR count). The van der Waals surface area contributed by atoms with Crippen LogP contribution >= 0.6 is 11.6 Å². The standard InChI is InChI=1S/C14H21ClN2O/c1-11(12-3-5-13(15)6-4-12)17(2)10-14-9-16-7-8-18-14/h3-6,11,14,16H,7-10H2,1-2H3. The topological polar surface area (TPSA) is 24.5 Å². The number of nitrogens with one attached hydrogen (secondary N) is 1. The molecular formula is C14H21ClN2O. The van der Waals surface area contributed by atoms with E-state index in [1.165, 1.54) is 5.56 Å². The van der Waals surface area contributed by atoms with Crippen LogP contribution in [0.25, 0.3) is 0 Å². The molecule has 1 fully saturated rings. The molecule has 2 atom stereocenters. The number of likely N-dealkylation sites (N-methyl/N-ethyl adjacent to an activating group) is 1. The Bertz CT molecular complexity index is 363. The molecule has 1 N–H and O–H groups in total. The summed E-state index contributed by atoms with van der Waals surface area (Å²) >= 11 is 5.91. The van der Waals surface area contributed by atoms with Crippen LogP contribution in [0.4, 0.5) is 0 Å². The summed E-state index contributed by atoms with van der Waals surface area (Å²) in [4.78, 5) is 2.32. The van der Waals surface area contributed by atoms with Crippen molar-refractivity contribution in [2.45, 2.75) is 19.1 Å². The normalized spacial score (nSPS) is 22.1. The average molecular weight is 269 g/mol. The number of hydrogen-bond acceptors (Lipinski definition) is 3. The SMILES string of the molecule is CC(c1ccc(Cl)cc1)N(C)CC1CNCCO1. The van der Waals surface area contributed by atoms with Gasteiger partial charge in [0.1, 0.15) is 0 Å². The fourth-order valence-electron chi connectivity index (χ4n) is 2.21. The van der Waals surface area contributed by atoms with Crippen LogP contribution in [-0.4, -0.2) is 44.3 Å². The maximum Gasteiger partial charge on any atom is 0.0826 e. The van der Waals surface area contributed by atoms with Gasteiger partial charge in [-0.25, -0.2) is 0 Å².